The molecule has 0 fully saturated rings. The van der Waals surface area contributed by atoms with Crippen molar-refractivity contribution in [2.45, 2.75) is 31.7 Å². The molecule has 1 amide bonds. The summed E-state index contributed by atoms with van der Waals surface area (Å²) in [4.78, 5) is 18.7. The van der Waals surface area contributed by atoms with Gasteiger partial charge in [-0.3, -0.25) is 9.10 Å². The molecule has 0 aliphatic carbocycles. The lowest BCUT2D eigenvalue weighted by atomic mass is 10.1. The summed E-state index contributed by atoms with van der Waals surface area (Å²) in [5, 5.41) is 3.83. The highest BCUT2D eigenvalue weighted by Gasteiger charge is 2.26. The van der Waals surface area contributed by atoms with Gasteiger partial charge in [-0.2, -0.15) is 4.98 Å². The van der Waals surface area contributed by atoms with E-state index in [0.717, 1.165) is 4.31 Å². The Hall–Kier alpha value is -3.40. The molecule has 2 aromatic carbocycles. The lowest BCUT2D eigenvalue weighted by Crippen LogP contribution is -2.29. The van der Waals surface area contributed by atoms with Crippen LogP contribution in [0.5, 0.6) is 5.75 Å². The zero-order valence-electron chi connectivity index (χ0n) is 18.7. The Kier molecular flexibility index (Phi) is 6.83. The molecular weight excluding hydrogens is 432 g/mol. The van der Waals surface area contributed by atoms with Gasteiger partial charge >= 0.3 is 0 Å². The Bertz CT molecular complexity index is 1220. The van der Waals surface area contributed by atoms with Gasteiger partial charge in [-0.05, 0) is 36.8 Å². The highest BCUT2D eigenvalue weighted by atomic mass is 32.2. The predicted molar refractivity (Wildman–Crippen MR) is 119 cm³/mol. The van der Waals surface area contributed by atoms with E-state index in [2.05, 4.69) is 10.1 Å². The number of anilines is 1. The number of amides is 1. The summed E-state index contributed by atoms with van der Waals surface area (Å²) in [7, 11) is 0.579. The van der Waals surface area contributed by atoms with Gasteiger partial charge in [0.25, 0.3) is 15.9 Å². The number of aromatic nitrogens is 2. The monoisotopic (exact) mass is 458 g/mol. The molecule has 0 saturated heterocycles. The normalized spacial score (nSPS) is 11.3. The van der Waals surface area contributed by atoms with E-state index in [9.17, 15) is 13.2 Å². The topological polar surface area (TPSA) is 106 Å². The minimum atomic E-state index is -3.94. The first-order valence-corrected chi connectivity index (χ1v) is 11.4. The largest absolute Gasteiger partial charge is 0.495 e. The molecule has 0 aliphatic rings. The molecule has 0 aliphatic heterocycles. The quantitative estimate of drug-likeness (QED) is 0.511. The Morgan fingerprint density at radius 2 is 1.88 bits per heavy atom. The van der Waals surface area contributed by atoms with Gasteiger partial charge in [0, 0.05) is 26.1 Å². The van der Waals surface area contributed by atoms with Crippen molar-refractivity contribution < 1.29 is 22.5 Å². The molecule has 1 aromatic heterocycles. The number of aryl methyl sites for hydroxylation is 2. The molecule has 0 bridgehead atoms. The number of methoxy groups -OCH3 is 1. The number of nitrogens with zero attached hydrogens (tertiary/aromatic N) is 4. The highest BCUT2D eigenvalue weighted by Crippen LogP contribution is 2.31. The summed E-state index contributed by atoms with van der Waals surface area (Å²) in [6, 6.07) is 11.3. The van der Waals surface area contributed by atoms with Crippen molar-refractivity contribution in [2.24, 2.45) is 0 Å². The second kappa shape index (κ2) is 9.39. The molecule has 170 valence electrons. The van der Waals surface area contributed by atoms with Crippen LogP contribution in [-0.4, -0.2) is 50.6 Å². The first-order chi connectivity index (χ1) is 15.2. The second-order valence-corrected chi connectivity index (χ2v) is 9.21. The van der Waals surface area contributed by atoms with E-state index in [1.165, 1.54) is 31.2 Å². The number of rotatable bonds is 8. The summed E-state index contributed by atoms with van der Waals surface area (Å²) in [5.41, 5.74) is 1.32. The van der Waals surface area contributed by atoms with E-state index >= 15 is 0 Å². The van der Waals surface area contributed by atoms with Crippen LogP contribution in [0.2, 0.25) is 0 Å². The highest BCUT2D eigenvalue weighted by molar-refractivity contribution is 7.92. The molecular formula is C22H26N4O5S. The van der Waals surface area contributed by atoms with Crippen molar-refractivity contribution in [3.63, 3.8) is 0 Å². The van der Waals surface area contributed by atoms with Crippen molar-refractivity contribution >= 4 is 21.6 Å². The minimum Gasteiger partial charge on any atom is -0.495 e. The maximum absolute atomic E-state index is 13.3. The zero-order valence-corrected chi connectivity index (χ0v) is 19.5. The third-order valence-corrected chi connectivity index (χ3v) is 6.84. The fraction of sp³-hybridized carbons (Fsp3) is 0.318. The van der Waals surface area contributed by atoms with Gasteiger partial charge in [0.2, 0.25) is 5.89 Å². The zero-order chi connectivity index (χ0) is 23.5. The number of hydrogen-bond acceptors (Lipinski definition) is 7. The van der Waals surface area contributed by atoms with Gasteiger partial charge in [0.1, 0.15) is 5.75 Å². The van der Waals surface area contributed by atoms with E-state index in [4.69, 9.17) is 9.26 Å². The number of sulfonamides is 1. The van der Waals surface area contributed by atoms with Crippen LogP contribution < -0.4 is 9.04 Å². The van der Waals surface area contributed by atoms with Gasteiger partial charge in [-0.15, -0.1) is 0 Å². The summed E-state index contributed by atoms with van der Waals surface area (Å²) in [6.45, 7) is 3.77. The Labute approximate surface area is 187 Å². The smallest absolute Gasteiger partial charge is 0.264 e. The minimum absolute atomic E-state index is 0.000634. The summed E-state index contributed by atoms with van der Waals surface area (Å²) in [5.74, 6) is 0.947. The van der Waals surface area contributed by atoms with Crippen LogP contribution in [0.1, 0.15) is 34.6 Å². The first-order valence-electron chi connectivity index (χ1n) is 9.98. The molecule has 0 saturated carbocycles. The fourth-order valence-electron chi connectivity index (χ4n) is 3.15. The Morgan fingerprint density at radius 1 is 1.16 bits per heavy atom. The van der Waals surface area contributed by atoms with Crippen molar-refractivity contribution in [1.82, 2.24) is 15.0 Å². The van der Waals surface area contributed by atoms with Crippen LogP contribution in [0.15, 0.2) is 51.9 Å². The SMILES string of the molecule is CCc1noc(CN(C)C(=O)c2cc(S(=O)(=O)N(C)c3ccccc3OC)ccc2C)n1. The second-order valence-electron chi connectivity index (χ2n) is 7.24. The van der Waals surface area contributed by atoms with Crippen LogP contribution >= 0.6 is 0 Å². The maximum Gasteiger partial charge on any atom is 0.264 e. The summed E-state index contributed by atoms with van der Waals surface area (Å²) in [6.07, 6.45) is 0.625. The van der Waals surface area contributed by atoms with Crippen molar-refractivity contribution in [1.29, 1.82) is 0 Å². The van der Waals surface area contributed by atoms with E-state index < -0.39 is 10.0 Å². The first kappa shape index (κ1) is 23.3. The Balaban J connectivity index is 1.90. The molecule has 10 heteroatoms. The van der Waals surface area contributed by atoms with Crippen LogP contribution in [-0.2, 0) is 23.0 Å². The number of carbonyl (C=O) groups excluding carboxylic acids is 1. The van der Waals surface area contributed by atoms with E-state index in [-0.39, 0.29) is 22.9 Å². The van der Waals surface area contributed by atoms with Crippen molar-refractivity contribution in [3.05, 3.63) is 65.3 Å². The number of carbonyl (C=O) groups is 1. The molecule has 0 spiro atoms. The molecule has 0 N–H and O–H groups in total. The fourth-order valence-corrected chi connectivity index (χ4v) is 4.38. The number of ether oxygens (including phenoxy) is 1. The molecule has 3 aromatic rings. The molecule has 0 unspecified atom stereocenters. The number of hydrogen-bond donors (Lipinski definition) is 0. The summed E-state index contributed by atoms with van der Waals surface area (Å²) < 4.78 is 38.2. The van der Waals surface area contributed by atoms with Gasteiger partial charge < -0.3 is 14.2 Å². The van der Waals surface area contributed by atoms with Crippen LogP contribution in [0.3, 0.4) is 0 Å². The van der Waals surface area contributed by atoms with Gasteiger partial charge in [0.05, 0.1) is 24.2 Å². The average molecular weight is 459 g/mol. The molecule has 0 atom stereocenters. The van der Waals surface area contributed by atoms with E-state index in [1.54, 1.807) is 44.3 Å². The average Bonchev–Trinajstić information content (AvgIpc) is 3.25. The van der Waals surface area contributed by atoms with Gasteiger partial charge in [-0.1, -0.05) is 30.3 Å². The molecule has 1 heterocycles. The molecule has 3 rings (SSSR count). The molecule has 9 nitrogen and oxygen atoms in total. The standard InChI is InChI=1S/C22H26N4O5S/c1-6-20-23-21(31-24-20)14-25(3)22(27)17-13-16(12-11-15(17)2)32(28,29)26(4)18-9-7-8-10-19(18)30-5/h7-13H,6,14H2,1-5H3. The molecule has 32 heavy (non-hydrogen) atoms. The van der Waals surface area contributed by atoms with Gasteiger partial charge in [0.15, 0.2) is 5.82 Å². The van der Waals surface area contributed by atoms with Crippen LogP contribution in [0, 0.1) is 6.92 Å². The number of para-hydroxylation sites is 2. The van der Waals surface area contributed by atoms with Crippen LogP contribution in [0.25, 0.3) is 0 Å². The van der Waals surface area contributed by atoms with Gasteiger partial charge in [-0.25, -0.2) is 8.42 Å². The molecule has 0 radical (unpaired) electrons. The maximum atomic E-state index is 13.3. The van der Waals surface area contributed by atoms with E-state index in [0.29, 0.717) is 35.1 Å². The van der Waals surface area contributed by atoms with E-state index in [1.807, 2.05) is 6.92 Å². The lowest BCUT2D eigenvalue weighted by molar-refractivity contribution is 0.0768. The van der Waals surface area contributed by atoms with Crippen molar-refractivity contribution in [2.75, 3.05) is 25.5 Å². The summed E-state index contributed by atoms with van der Waals surface area (Å²) >= 11 is 0. The van der Waals surface area contributed by atoms with Crippen LogP contribution in [0.4, 0.5) is 5.69 Å². The lowest BCUT2D eigenvalue weighted by Gasteiger charge is -2.22. The van der Waals surface area contributed by atoms with Crippen molar-refractivity contribution in [3.8, 4) is 5.75 Å². The number of benzene rings is 2. The Morgan fingerprint density at radius 3 is 2.53 bits per heavy atom. The third kappa shape index (κ3) is 4.59. The third-order valence-electron chi connectivity index (χ3n) is 5.07. The predicted octanol–water partition coefficient (Wildman–Crippen LogP) is 3.05.